The van der Waals surface area contributed by atoms with Gasteiger partial charge in [0.1, 0.15) is 17.2 Å². The predicted molar refractivity (Wildman–Crippen MR) is 65.6 cm³/mol. The van der Waals surface area contributed by atoms with E-state index in [1.165, 1.54) is 0 Å². The first kappa shape index (κ1) is 12.7. The summed E-state index contributed by atoms with van der Waals surface area (Å²) < 4.78 is 5.77. The van der Waals surface area contributed by atoms with E-state index in [0.29, 0.717) is 11.7 Å². The molecule has 1 aromatic rings. The van der Waals surface area contributed by atoms with Gasteiger partial charge in [-0.3, -0.25) is 0 Å². The van der Waals surface area contributed by atoms with Crippen molar-refractivity contribution in [2.24, 2.45) is 0 Å². The number of anilines is 1. The molecule has 0 aromatic carbocycles. The number of nitrogens with zero attached hydrogens (tertiary/aromatic N) is 2. The molecule has 0 spiro atoms. The van der Waals surface area contributed by atoms with E-state index in [4.69, 9.17) is 10.5 Å². The van der Waals surface area contributed by atoms with Crippen molar-refractivity contribution in [3.05, 3.63) is 11.4 Å². The minimum Gasteiger partial charge on any atom is -0.472 e. The van der Waals surface area contributed by atoms with Gasteiger partial charge in [0.2, 0.25) is 5.88 Å². The van der Waals surface area contributed by atoms with Crippen LogP contribution in [0.4, 0.5) is 5.82 Å². The van der Waals surface area contributed by atoms with Crippen LogP contribution in [0.1, 0.15) is 45.5 Å². The van der Waals surface area contributed by atoms with Gasteiger partial charge in [0.25, 0.3) is 0 Å². The molecule has 4 heteroatoms. The van der Waals surface area contributed by atoms with Crippen LogP contribution in [0.3, 0.4) is 0 Å². The Kier molecular flexibility index (Phi) is 3.73. The van der Waals surface area contributed by atoms with E-state index in [9.17, 15) is 0 Å². The summed E-state index contributed by atoms with van der Waals surface area (Å²) in [6.45, 7) is 9.94. The summed E-state index contributed by atoms with van der Waals surface area (Å²) in [4.78, 5) is 8.63. The quantitative estimate of drug-likeness (QED) is 0.855. The Labute approximate surface area is 97.2 Å². The van der Waals surface area contributed by atoms with Crippen molar-refractivity contribution in [2.45, 2.75) is 53.1 Å². The lowest BCUT2D eigenvalue weighted by Crippen LogP contribution is -2.24. The van der Waals surface area contributed by atoms with Crippen LogP contribution in [0.5, 0.6) is 5.88 Å². The van der Waals surface area contributed by atoms with Gasteiger partial charge in [0, 0.05) is 6.42 Å². The smallest absolute Gasteiger partial charge is 0.222 e. The van der Waals surface area contributed by atoms with Gasteiger partial charge in [-0.15, -0.1) is 0 Å². The van der Waals surface area contributed by atoms with Crippen LogP contribution in [0.15, 0.2) is 0 Å². The third-order valence-electron chi connectivity index (χ3n) is 2.06. The summed E-state index contributed by atoms with van der Waals surface area (Å²) in [5.74, 6) is 1.87. The molecule has 1 rings (SSSR count). The Hall–Kier alpha value is -1.32. The van der Waals surface area contributed by atoms with Crippen molar-refractivity contribution in [1.82, 2.24) is 9.97 Å². The molecule has 16 heavy (non-hydrogen) atoms. The normalized spacial score (nSPS) is 11.6. The zero-order valence-electron chi connectivity index (χ0n) is 10.8. The molecule has 0 aliphatic heterocycles. The zero-order chi connectivity index (χ0) is 12.3. The van der Waals surface area contributed by atoms with Crippen LogP contribution in [0.25, 0.3) is 0 Å². The molecule has 0 aliphatic rings. The number of aryl methyl sites for hydroxylation is 1. The largest absolute Gasteiger partial charge is 0.472 e. The lowest BCUT2D eigenvalue weighted by atomic mass is 10.2. The third-order valence-corrected chi connectivity index (χ3v) is 2.06. The molecule has 90 valence electrons. The van der Waals surface area contributed by atoms with Crippen LogP contribution in [-0.2, 0) is 6.42 Å². The van der Waals surface area contributed by atoms with E-state index in [1.807, 2.05) is 27.7 Å². The van der Waals surface area contributed by atoms with Crippen LogP contribution in [0.2, 0.25) is 0 Å². The van der Waals surface area contributed by atoms with Crippen molar-refractivity contribution < 1.29 is 4.74 Å². The molecule has 0 unspecified atom stereocenters. The van der Waals surface area contributed by atoms with Gasteiger partial charge in [-0.2, -0.15) is 4.98 Å². The van der Waals surface area contributed by atoms with Crippen LogP contribution in [-0.4, -0.2) is 15.6 Å². The van der Waals surface area contributed by atoms with Crippen LogP contribution in [0, 0.1) is 6.92 Å². The fourth-order valence-electron chi connectivity index (χ4n) is 1.28. The van der Waals surface area contributed by atoms with Gasteiger partial charge < -0.3 is 10.5 Å². The first-order valence-corrected chi connectivity index (χ1v) is 5.65. The lowest BCUT2D eigenvalue weighted by molar-refractivity contribution is 0.122. The number of ether oxygens (including phenoxy) is 1. The number of aromatic nitrogens is 2. The van der Waals surface area contributed by atoms with E-state index < -0.39 is 0 Å². The molecule has 0 bridgehead atoms. The van der Waals surface area contributed by atoms with Gasteiger partial charge in [-0.1, -0.05) is 6.92 Å². The number of nitrogen functional groups attached to an aromatic ring is 1. The molecule has 0 saturated heterocycles. The van der Waals surface area contributed by atoms with Gasteiger partial charge in [-0.25, -0.2) is 4.98 Å². The topological polar surface area (TPSA) is 61.0 Å². The molecular formula is C12H21N3O. The van der Waals surface area contributed by atoms with E-state index in [1.54, 1.807) is 0 Å². The maximum absolute atomic E-state index is 5.84. The number of rotatable bonds is 3. The fourth-order valence-corrected chi connectivity index (χ4v) is 1.28. The molecule has 1 heterocycles. The standard InChI is InChI=1S/C12H21N3O/c1-6-7-9-14-10(13)8(2)11(15-9)16-12(3,4)5/h6-7H2,1-5H3,(H2,13,14,15). The average molecular weight is 223 g/mol. The van der Waals surface area contributed by atoms with Crippen molar-refractivity contribution >= 4 is 5.82 Å². The highest BCUT2D eigenvalue weighted by Gasteiger charge is 2.17. The van der Waals surface area contributed by atoms with E-state index >= 15 is 0 Å². The highest BCUT2D eigenvalue weighted by molar-refractivity contribution is 5.44. The summed E-state index contributed by atoms with van der Waals surface area (Å²) in [7, 11) is 0. The average Bonchev–Trinajstić information content (AvgIpc) is 2.11. The molecule has 1 aromatic heterocycles. The van der Waals surface area contributed by atoms with Crippen molar-refractivity contribution in [3.63, 3.8) is 0 Å². The first-order chi connectivity index (χ1) is 7.33. The summed E-state index contributed by atoms with van der Waals surface area (Å²) >= 11 is 0. The molecule has 0 amide bonds. The first-order valence-electron chi connectivity index (χ1n) is 5.65. The maximum atomic E-state index is 5.84. The Balaban J connectivity index is 3.06. The van der Waals surface area contributed by atoms with E-state index in [2.05, 4.69) is 16.9 Å². The monoisotopic (exact) mass is 223 g/mol. The third kappa shape index (κ3) is 3.36. The summed E-state index contributed by atoms with van der Waals surface area (Å²) in [6, 6.07) is 0. The van der Waals surface area contributed by atoms with Gasteiger partial charge in [0.15, 0.2) is 0 Å². The highest BCUT2D eigenvalue weighted by Crippen LogP contribution is 2.23. The fraction of sp³-hybridized carbons (Fsp3) is 0.667. The van der Waals surface area contributed by atoms with E-state index in [0.717, 1.165) is 24.2 Å². The van der Waals surface area contributed by atoms with Crippen molar-refractivity contribution in [2.75, 3.05) is 5.73 Å². The second kappa shape index (κ2) is 4.68. The van der Waals surface area contributed by atoms with E-state index in [-0.39, 0.29) is 5.60 Å². The summed E-state index contributed by atoms with van der Waals surface area (Å²) in [5, 5.41) is 0. The van der Waals surface area contributed by atoms with Crippen molar-refractivity contribution in [3.8, 4) is 5.88 Å². The Bertz CT molecular complexity index is 369. The summed E-state index contributed by atoms with van der Waals surface area (Å²) in [5.41, 5.74) is 6.39. The van der Waals surface area contributed by atoms with Gasteiger partial charge in [0.05, 0.1) is 5.56 Å². The Morgan fingerprint density at radius 1 is 1.25 bits per heavy atom. The minimum absolute atomic E-state index is 0.269. The molecule has 0 saturated carbocycles. The molecular weight excluding hydrogens is 202 g/mol. The van der Waals surface area contributed by atoms with Gasteiger partial charge in [-0.05, 0) is 34.1 Å². The van der Waals surface area contributed by atoms with Gasteiger partial charge >= 0.3 is 0 Å². The number of nitrogens with two attached hydrogens (primary N) is 1. The number of hydrogen-bond acceptors (Lipinski definition) is 4. The molecule has 2 N–H and O–H groups in total. The van der Waals surface area contributed by atoms with Crippen LogP contribution < -0.4 is 10.5 Å². The molecule has 4 nitrogen and oxygen atoms in total. The molecule has 0 fully saturated rings. The second-order valence-electron chi connectivity index (χ2n) is 4.92. The molecule has 0 radical (unpaired) electrons. The second-order valence-corrected chi connectivity index (χ2v) is 4.92. The van der Waals surface area contributed by atoms with Crippen molar-refractivity contribution in [1.29, 1.82) is 0 Å². The summed E-state index contributed by atoms with van der Waals surface area (Å²) in [6.07, 6.45) is 1.82. The number of hydrogen-bond donors (Lipinski definition) is 1. The minimum atomic E-state index is -0.269. The SMILES string of the molecule is CCCc1nc(N)c(C)c(OC(C)(C)C)n1. The Morgan fingerprint density at radius 3 is 2.38 bits per heavy atom. The molecule has 0 aliphatic carbocycles. The van der Waals surface area contributed by atoms with Crippen LogP contribution >= 0.6 is 0 Å². The predicted octanol–water partition coefficient (Wildman–Crippen LogP) is 2.50. The molecule has 0 atom stereocenters. The maximum Gasteiger partial charge on any atom is 0.222 e. The lowest BCUT2D eigenvalue weighted by Gasteiger charge is -2.22. The highest BCUT2D eigenvalue weighted by atomic mass is 16.5. The zero-order valence-corrected chi connectivity index (χ0v) is 10.8. The Morgan fingerprint density at radius 2 is 1.88 bits per heavy atom.